The largest absolute Gasteiger partial charge is 0.493 e. The van der Waals surface area contributed by atoms with Crippen LogP contribution in [0.25, 0.3) is 0 Å². The Morgan fingerprint density at radius 3 is 2.87 bits per heavy atom. The second kappa shape index (κ2) is 7.20. The Kier molecular flexibility index (Phi) is 4.50. The minimum atomic E-state index is -0.454. The van der Waals surface area contributed by atoms with Gasteiger partial charge in [-0.1, -0.05) is 12.1 Å². The molecule has 1 aliphatic carbocycles. The number of furan rings is 1. The lowest BCUT2D eigenvalue weighted by atomic mass is 9.72. The van der Waals surface area contributed by atoms with Gasteiger partial charge in [-0.25, -0.2) is 4.79 Å². The van der Waals surface area contributed by atoms with Crippen LogP contribution in [0.4, 0.5) is 0 Å². The van der Waals surface area contributed by atoms with Gasteiger partial charge in [-0.05, 0) is 42.7 Å². The molecular formula is C24H23NO5. The Labute approximate surface area is 174 Å². The molecule has 3 aliphatic rings. The van der Waals surface area contributed by atoms with Crippen molar-refractivity contribution >= 4 is 11.8 Å². The second-order valence-corrected chi connectivity index (χ2v) is 7.99. The summed E-state index contributed by atoms with van der Waals surface area (Å²) in [6.07, 6.45) is 3.47. The van der Waals surface area contributed by atoms with Gasteiger partial charge in [0.25, 0.3) is 0 Å². The fourth-order valence-corrected chi connectivity index (χ4v) is 4.86. The third-order valence-corrected chi connectivity index (χ3v) is 6.23. The predicted molar refractivity (Wildman–Crippen MR) is 109 cm³/mol. The van der Waals surface area contributed by atoms with E-state index in [1.54, 1.807) is 6.26 Å². The molecule has 2 aliphatic heterocycles. The first-order valence-corrected chi connectivity index (χ1v) is 10.2. The topological polar surface area (TPSA) is 77.8 Å². The van der Waals surface area contributed by atoms with Crippen molar-refractivity contribution in [1.29, 1.82) is 0 Å². The van der Waals surface area contributed by atoms with Crippen LogP contribution >= 0.6 is 0 Å². The number of esters is 1. The van der Waals surface area contributed by atoms with E-state index in [4.69, 9.17) is 13.9 Å². The fraction of sp³-hybridized carbons (Fsp3) is 0.333. The van der Waals surface area contributed by atoms with Crippen LogP contribution in [0, 0.1) is 0 Å². The molecule has 0 amide bonds. The number of carbonyl (C=O) groups excluding carboxylic acids is 2. The smallest absolute Gasteiger partial charge is 0.336 e. The summed E-state index contributed by atoms with van der Waals surface area (Å²) in [5.41, 5.74) is 4.74. The number of hydrogen-bond acceptors (Lipinski definition) is 6. The van der Waals surface area contributed by atoms with Crippen molar-refractivity contribution in [3.63, 3.8) is 0 Å². The Hall–Kier alpha value is -3.28. The maximum absolute atomic E-state index is 13.4. The van der Waals surface area contributed by atoms with Crippen molar-refractivity contribution in [2.45, 2.75) is 38.0 Å². The van der Waals surface area contributed by atoms with E-state index < -0.39 is 11.9 Å². The van der Waals surface area contributed by atoms with Crippen LogP contribution < -0.4 is 10.1 Å². The Morgan fingerprint density at radius 2 is 2.10 bits per heavy atom. The molecule has 1 aromatic heterocycles. The Morgan fingerprint density at radius 1 is 1.23 bits per heavy atom. The number of ketones is 1. The summed E-state index contributed by atoms with van der Waals surface area (Å²) in [4.78, 5) is 26.1. The molecule has 1 N–H and O–H groups in total. The second-order valence-electron chi connectivity index (χ2n) is 7.99. The van der Waals surface area contributed by atoms with Gasteiger partial charge in [-0.3, -0.25) is 4.79 Å². The number of carbonyl (C=O) groups is 2. The molecule has 2 atom stereocenters. The van der Waals surface area contributed by atoms with Crippen LogP contribution in [-0.4, -0.2) is 25.5 Å². The van der Waals surface area contributed by atoms with Crippen molar-refractivity contribution in [3.05, 3.63) is 76.0 Å². The first-order chi connectivity index (χ1) is 14.6. The minimum absolute atomic E-state index is 0.0136. The molecule has 0 bridgehead atoms. The van der Waals surface area contributed by atoms with Crippen LogP contribution in [0.2, 0.25) is 0 Å². The SMILES string of the molecule is COC(=O)C1=C(C)NC2=C(C(=O)C[C@H](c3ccco3)C2)[C@@H]1c1ccc2c(c1)CCO2. The molecule has 0 spiro atoms. The highest BCUT2D eigenvalue weighted by Crippen LogP contribution is 2.46. The Balaban J connectivity index is 1.62. The predicted octanol–water partition coefficient (Wildman–Crippen LogP) is 3.75. The molecule has 0 saturated carbocycles. The number of benzene rings is 1. The number of Topliss-reactive ketones (excluding diaryl/α,β-unsaturated/α-hetero) is 1. The summed E-state index contributed by atoms with van der Waals surface area (Å²) >= 11 is 0. The number of nitrogens with one attached hydrogen (secondary N) is 1. The number of rotatable bonds is 3. The quantitative estimate of drug-likeness (QED) is 0.784. The summed E-state index contributed by atoms with van der Waals surface area (Å²) in [7, 11) is 1.37. The lowest BCUT2D eigenvalue weighted by Crippen LogP contribution is -2.36. The van der Waals surface area contributed by atoms with E-state index in [0.717, 1.165) is 40.5 Å². The van der Waals surface area contributed by atoms with E-state index in [1.807, 2.05) is 31.2 Å². The third kappa shape index (κ3) is 2.95. The van der Waals surface area contributed by atoms with E-state index in [0.29, 0.717) is 30.6 Å². The van der Waals surface area contributed by atoms with Gasteiger partial charge in [0.05, 0.1) is 25.6 Å². The molecule has 6 nitrogen and oxygen atoms in total. The number of dihydropyridines is 1. The van der Waals surface area contributed by atoms with Gasteiger partial charge in [0.15, 0.2) is 5.78 Å². The highest BCUT2D eigenvalue weighted by molar-refractivity contribution is 6.04. The van der Waals surface area contributed by atoms with Crippen molar-refractivity contribution in [1.82, 2.24) is 5.32 Å². The summed E-state index contributed by atoms with van der Waals surface area (Å²) in [6, 6.07) is 9.70. The summed E-state index contributed by atoms with van der Waals surface area (Å²) < 4.78 is 16.3. The normalized spacial score (nSPS) is 22.9. The van der Waals surface area contributed by atoms with Gasteiger partial charge < -0.3 is 19.2 Å². The van der Waals surface area contributed by atoms with Gasteiger partial charge in [0.1, 0.15) is 11.5 Å². The monoisotopic (exact) mass is 405 g/mol. The molecule has 1 aromatic carbocycles. The van der Waals surface area contributed by atoms with Crippen molar-refractivity contribution in [3.8, 4) is 5.75 Å². The summed E-state index contributed by atoms with van der Waals surface area (Å²) in [5.74, 6) is 0.818. The highest BCUT2D eigenvalue weighted by atomic mass is 16.5. The molecule has 154 valence electrons. The molecule has 0 unspecified atom stereocenters. The minimum Gasteiger partial charge on any atom is -0.493 e. The van der Waals surface area contributed by atoms with Crippen LogP contribution in [0.15, 0.2) is 63.6 Å². The fourth-order valence-electron chi connectivity index (χ4n) is 4.86. The zero-order chi connectivity index (χ0) is 20.8. The van der Waals surface area contributed by atoms with Crippen LogP contribution in [0.5, 0.6) is 5.75 Å². The molecule has 30 heavy (non-hydrogen) atoms. The summed E-state index contributed by atoms with van der Waals surface area (Å²) in [5, 5.41) is 3.33. The van der Waals surface area contributed by atoms with E-state index >= 15 is 0 Å². The zero-order valence-electron chi connectivity index (χ0n) is 17.0. The molecule has 3 heterocycles. The van der Waals surface area contributed by atoms with Gasteiger partial charge in [-0.2, -0.15) is 0 Å². The number of allylic oxidation sites excluding steroid dienone is 3. The molecular weight excluding hydrogens is 382 g/mol. The maximum Gasteiger partial charge on any atom is 0.336 e. The lowest BCUT2D eigenvalue weighted by Gasteiger charge is -2.36. The van der Waals surface area contributed by atoms with E-state index in [1.165, 1.54) is 7.11 Å². The molecule has 5 rings (SSSR count). The van der Waals surface area contributed by atoms with E-state index in [2.05, 4.69) is 11.4 Å². The van der Waals surface area contributed by atoms with E-state index in [9.17, 15) is 9.59 Å². The number of fused-ring (bicyclic) bond motifs is 1. The first kappa shape index (κ1) is 18.7. The standard InChI is InChI=1S/C24H23NO5/c1-13-21(24(27)28-2)22(15-5-6-20-14(10-15)7-9-30-20)23-17(25-13)11-16(12-18(23)26)19-4-3-8-29-19/h3-6,8,10,16,22,25H,7,9,11-12H2,1-2H3/t16-,22-/m1/s1. The van der Waals surface area contributed by atoms with Crippen LogP contribution in [-0.2, 0) is 20.7 Å². The molecule has 6 heteroatoms. The summed E-state index contributed by atoms with van der Waals surface area (Å²) in [6.45, 7) is 2.52. The molecule has 0 saturated heterocycles. The third-order valence-electron chi connectivity index (χ3n) is 6.23. The average Bonchev–Trinajstić information content (AvgIpc) is 3.43. The van der Waals surface area contributed by atoms with Gasteiger partial charge in [-0.15, -0.1) is 0 Å². The number of methoxy groups -OCH3 is 1. The molecule has 0 fully saturated rings. The maximum atomic E-state index is 13.4. The Bertz CT molecular complexity index is 1090. The van der Waals surface area contributed by atoms with Crippen LogP contribution in [0.1, 0.15) is 48.5 Å². The van der Waals surface area contributed by atoms with Gasteiger partial charge in [0.2, 0.25) is 0 Å². The first-order valence-electron chi connectivity index (χ1n) is 10.2. The molecule has 0 radical (unpaired) electrons. The number of hydrogen-bond donors (Lipinski definition) is 1. The highest BCUT2D eigenvalue weighted by Gasteiger charge is 2.42. The number of ether oxygens (including phenoxy) is 2. The zero-order valence-corrected chi connectivity index (χ0v) is 17.0. The van der Waals surface area contributed by atoms with E-state index in [-0.39, 0.29) is 11.7 Å². The van der Waals surface area contributed by atoms with Crippen LogP contribution in [0.3, 0.4) is 0 Å². The van der Waals surface area contributed by atoms with Gasteiger partial charge >= 0.3 is 5.97 Å². The van der Waals surface area contributed by atoms with Crippen molar-refractivity contribution < 1.29 is 23.5 Å². The van der Waals surface area contributed by atoms with Gasteiger partial charge in [0, 0.05) is 41.6 Å². The lowest BCUT2D eigenvalue weighted by molar-refractivity contribution is -0.136. The average molecular weight is 405 g/mol. The van der Waals surface area contributed by atoms with Crippen molar-refractivity contribution in [2.75, 3.05) is 13.7 Å². The molecule has 2 aromatic rings. The van der Waals surface area contributed by atoms with Crippen molar-refractivity contribution in [2.24, 2.45) is 0 Å².